The van der Waals surface area contributed by atoms with Crippen molar-refractivity contribution < 1.29 is 0 Å². The quantitative estimate of drug-likeness (QED) is 0.524. The zero-order chi connectivity index (χ0) is 14.5. The summed E-state index contributed by atoms with van der Waals surface area (Å²) in [6, 6.07) is 0. The molecule has 2 atom stereocenters. The minimum atomic E-state index is 0.338. The Morgan fingerprint density at radius 3 is 2.74 bits per heavy atom. The van der Waals surface area contributed by atoms with Crippen molar-refractivity contribution in [2.45, 2.75) is 60.3 Å². The van der Waals surface area contributed by atoms with E-state index < -0.39 is 0 Å². The summed E-state index contributed by atoms with van der Waals surface area (Å²) in [5.74, 6) is 0.829. The lowest BCUT2D eigenvalue weighted by molar-refractivity contribution is 0.298. The van der Waals surface area contributed by atoms with E-state index in [1.54, 1.807) is 11.1 Å². The van der Waals surface area contributed by atoms with Gasteiger partial charge in [0.15, 0.2) is 0 Å². The van der Waals surface area contributed by atoms with E-state index >= 15 is 0 Å². The van der Waals surface area contributed by atoms with Crippen LogP contribution in [0.1, 0.15) is 60.3 Å². The van der Waals surface area contributed by atoms with Crippen LogP contribution in [0.4, 0.5) is 0 Å². The SMILES string of the molecule is C=C/C=C(C)/C=C/C1=C(C)CCC(C)C[C@@]1(C)CC. The molecule has 0 aliphatic heterocycles. The molecule has 0 bridgehead atoms. The average molecular weight is 258 g/mol. The minimum absolute atomic E-state index is 0.338. The molecule has 0 heterocycles. The summed E-state index contributed by atoms with van der Waals surface area (Å²) in [6.07, 6.45) is 13.6. The van der Waals surface area contributed by atoms with Crippen molar-refractivity contribution in [1.29, 1.82) is 0 Å². The maximum atomic E-state index is 3.76. The van der Waals surface area contributed by atoms with Gasteiger partial charge >= 0.3 is 0 Å². The fraction of sp³-hybridized carbons (Fsp3) is 0.579. The predicted molar refractivity (Wildman–Crippen MR) is 87.2 cm³/mol. The second-order valence-electron chi connectivity index (χ2n) is 6.44. The maximum Gasteiger partial charge on any atom is -0.00759 e. The van der Waals surface area contributed by atoms with Crippen LogP contribution in [0.25, 0.3) is 0 Å². The van der Waals surface area contributed by atoms with Crippen LogP contribution in [0.2, 0.25) is 0 Å². The molecule has 106 valence electrons. The van der Waals surface area contributed by atoms with Crippen LogP contribution in [-0.4, -0.2) is 0 Å². The third kappa shape index (κ3) is 4.23. The molecule has 0 saturated carbocycles. The Morgan fingerprint density at radius 1 is 1.47 bits per heavy atom. The first-order valence-corrected chi connectivity index (χ1v) is 7.60. The van der Waals surface area contributed by atoms with Crippen LogP contribution < -0.4 is 0 Å². The highest BCUT2D eigenvalue weighted by atomic mass is 14.4. The first kappa shape index (κ1) is 16.0. The van der Waals surface area contributed by atoms with Crippen LogP contribution in [-0.2, 0) is 0 Å². The maximum absolute atomic E-state index is 3.76. The molecule has 1 rings (SSSR count). The number of hydrogen-bond donors (Lipinski definition) is 0. The van der Waals surface area contributed by atoms with E-state index in [0.29, 0.717) is 5.41 Å². The molecule has 0 N–H and O–H groups in total. The van der Waals surface area contributed by atoms with Crippen molar-refractivity contribution in [2.24, 2.45) is 11.3 Å². The Morgan fingerprint density at radius 2 is 2.16 bits per heavy atom. The van der Waals surface area contributed by atoms with Gasteiger partial charge in [0.25, 0.3) is 0 Å². The van der Waals surface area contributed by atoms with Gasteiger partial charge in [-0.1, -0.05) is 62.8 Å². The minimum Gasteiger partial charge on any atom is -0.0991 e. The molecule has 19 heavy (non-hydrogen) atoms. The van der Waals surface area contributed by atoms with E-state index in [-0.39, 0.29) is 0 Å². The van der Waals surface area contributed by atoms with Crippen LogP contribution >= 0.6 is 0 Å². The molecule has 0 fully saturated rings. The average Bonchev–Trinajstić information content (AvgIpc) is 2.46. The molecular formula is C19H30. The van der Waals surface area contributed by atoms with Gasteiger partial charge in [0, 0.05) is 0 Å². The Labute approximate surface area is 120 Å². The third-order valence-corrected chi connectivity index (χ3v) is 4.60. The predicted octanol–water partition coefficient (Wildman–Crippen LogP) is 6.23. The topological polar surface area (TPSA) is 0 Å². The van der Waals surface area contributed by atoms with E-state index in [0.717, 1.165) is 5.92 Å². The summed E-state index contributed by atoms with van der Waals surface area (Å²) in [5, 5.41) is 0. The van der Waals surface area contributed by atoms with E-state index in [1.807, 2.05) is 6.08 Å². The highest BCUT2D eigenvalue weighted by Gasteiger charge is 2.31. The lowest BCUT2D eigenvalue weighted by Crippen LogP contribution is -2.20. The normalized spacial score (nSPS) is 29.7. The molecule has 0 aromatic rings. The first-order valence-electron chi connectivity index (χ1n) is 7.60. The first-order chi connectivity index (χ1) is 8.92. The van der Waals surface area contributed by atoms with E-state index in [1.165, 1.54) is 31.3 Å². The van der Waals surface area contributed by atoms with Crippen molar-refractivity contribution >= 4 is 0 Å². The standard InChI is InChI=1S/C19H30/c1-7-9-15(3)11-13-18-17(5)12-10-16(4)14-19(18,6)8-2/h7,9,11,13,16H,1,8,10,12,14H2,2-6H3/b13-11+,15-9+/t16?,19-/m1/s1. The van der Waals surface area contributed by atoms with Crippen molar-refractivity contribution in [3.8, 4) is 0 Å². The Balaban J connectivity index is 3.10. The number of allylic oxidation sites excluding steroid dienone is 7. The second kappa shape index (κ2) is 6.93. The smallest absolute Gasteiger partial charge is 0.00759 e. The lowest BCUT2D eigenvalue weighted by atomic mass is 9.73. The van der Waals surface area contributed by atoms with Crippen LogP contribution in [0.3, 0.4) is 0 Å². The van der Waals surface area contributed by atoms with Crippen molar-refractivity contribution in [3.05, 3.63) is 47.6 Å². The molecule has 1 aliphatic rings. The summed E-state index contributed by atoms with van der Waals surface area (Å²) >= 11 is 0. The lowest BCUT2D eigenvalue weighted by Gasteiger charge is -2.32. The highest BCUT2D eigenvalue weighted by molar-refractivity contribution is 5.36. The van der Waals surface area contributed by atoms with E-state index in [4.69, 9.17) is 0 Å². The monoisotopic (exact) mass is 258 g/mol. The van der Waals surface area contributed by atoms with Gasteiger partial charge in [-0.15, -0.1) is 0 Å². The van der Waals surface area contributed by atoms with Gasteiger partial charge in [0.1, 0.15) is 0 Å². The Hall–Kier alpha value is -1.04. The van der Waals surface area contributed by atoms with Gasteiger partial charge in [0.2, 0.25) is 0 Å². The zero-order valence-electron chi connectivity index (χ0n) is 13.4. The zero-order valence-corrected chi connectivity index (χ0v) is 13.4. The molecule has 0 aromatic heterocycles. The molecule has 0 saturated heterocycles. The largest absolute Gasteiger partial charge is 0.0991 e. The molecule has 0 radical (unpaired) electrons. The Kier molecular flexibility index (Phi) is 5.85. The van der Waals surface area contributed by atoms with Gasteiger partial charge in [-0.25, -0.2) is 0 Å². The molecular weight excluding hydrogens is 228 g/mol. The van der Waals surface area contributed by atoms with Crippen molar-refractivity contribution in [1.82, 2.24) is 0 Å². The van der Waals surface area contributed by atoms with Crippen LogP contribution in [0, 0.1) is 11.3 Å². The third-order valence-electron chi connectivity index (χ3n) is 4.60. The van der Waals surface area contributed by atoms with Crippen LogP contribution in [0.5, 0.6) is 0 Å². The van der Waals surface area contributed by atoms with Gasteiger partial charge in [-0.2, -0.15) is 0 Å². The summed E-state index contributed by atoms with van der Waals surface area (Å²) in [5.41, 5.74) is 4.75. The Bertz CT molecular complexity index is 406. The molecule has 1 unspecified atom stereocenters. The fourth-order valence-corrected chi connectivity index (χ4v) is 3.23. The van der Waals surface area contributed by atoms with Gasteiger partial charge in [0.05, 0.1) is 0 Å². The van der Waals surface area contributed by atoms with E-state index in [9.17, 15) is 0 Å². The van der Waals surface area contributed by atoms with Crippen LogP contribution in [0.15, 0.2) is 47.6 Å². The van der Waals surface area contributed by atoms with Gasteiger partial charge in [-0.3, -0.25) is 0 Å². The number of hydrogen-bond acceptors (Lipinski definition) is 0. The fourth-order valence-electron chi connectivity index (χ4n) is 3.23. The molecule has 0 aromatic carbocycles. The van der Waals surface area contributed by atoms with Gasteiger partial charge < -0.3 is 0 Å². The number of rotatable bonds is 4. The molecule has 0 spiro atoms. The molecule has 0 heteroatoms. The summed E-state index contributed by atoms with van der Waals surface area (Å²) in [4.78, 5) is 0. The molecule has 1 aliphatic carbocycles. The van der Waals surface area contributed by atoms with Crippen molar-refractivity contribution in [3.63, 3.8) is 0 Å². The highest BCUT2D eigenvalue weighted by Crippen LogP contribution is 2.44. The summed E-state index contributed by atoms with van der Waals surface area (Å²) in [7, 11) is 0. The second-order valence-corrected chi connectivity index (χ2v) is 6.44. The summed E-state index contributed by atoms with van der Waals surface area (Å²) in [6.45, 7) is 15.4. The van der Waals surface area contributed by atoms with Crippen molar-refractivity contribution in [2.75, 3.05) is 0 Å². The molecule has 0 amide bonds. The molecule has 0 nitrogen and oxygen atoms in total. The van der Waals surface area contributed by atoms with E-state index in [2.05, 4.69) is 59.4 Å². The summed E-state index contributed by atoms with van der Waals surface area (Å²) < 4.78 is 0. The van der Waals surface area contributed by atoms with Gasteiger partial charge in [-0.05, 0) is 56.4 Å².